The van der Waals surface area contributed by atoms with Gasteiger partial charge in [-0.3, -0.25) is 0 Å². The van der Waals surface area contributed by atoms with E-state index in [4.69, 9.17) is 0 Å². The first-order valence-electron chi connectivity index (χ1n) is 4.74. The highest BCUT2D eigenvalue weighted by Gasteiger charge is 2.32. The van der Waals surface area contributed by atoms with Crippen LogP contribution < -0.4 is 0 Å². The fraction of sp³-hybridized carbons (Fsp3) is 0.636. The van der Waals surface area contributed by atoms with Crippen molar-refractivity contribution in [1.82, 2.24) is 0 Å². The first-order chi connectivity index (χ1) is 6.34. The summed E-state index contributed by atoms with van der Waals surface area (Å²) in [7, 11) is 0. The second-order valence-corrected chi connectivity index (χ2v) is 2.96. The first-order valence-corrected chi connectivity index (χ1v) is 4.74. The van der Waals surface area contributed by atoms with E-state index in [1.807, 2.05) is 0 Å². The van der Waals surface area contributed by atoms with E-state index in [1.165, 1.54) is 13.3 Å². The molecule has 0 saturated carbocycles. The molecule has 84 valence electrons. The number of allylic oxidation sites excluding steroid dienone is 3. The zero-order valence-corrected chi connectivity index (χ0v) is 9.33. The molecule has 0 saturated heterocycles. The molecule has 0 rings (SSSR count). The predicted molar refractivity (Wildman–Crippen MR) is 55.2 cm³/mol. The SMILES string of the molecule is C=C/C(=C(\C)CC)C(F)(F)F.CCC. The standard InChI is InChI=1S/C8H11F3.C3H8/c1-4-6(3)7(5-2)8(9,10)11;1-3-2/h5H,2,4H2,1,3H3;3H2,1-2H3/b7-6-;. The Kier molecular flexibility index (Phi) is 8.60. The van der Waals surface area contributed by atoms with Crippen LogP contribution in [-0.4, -0.2) is 6.18 Å². The Bertz CT molecular complexity index is 187. The van der Waals surface area contributed by atoms with Crippen LogP contribution in [0.25, 0.3) is 0 Å². The lowest BCUT2D eigenvalue weighted by Gasteiger charge is -2.10. The van der Waals surface area contributed by atoms with E-state index in [9.17, 15) is 13.2 Å². The molecule has 0 fully saturated rings. The Morgan fingerprint density at radius 1 is 1.21 bits per heavy atom. The fourth-order valence-electron chi connectivity index (χ4n) is 0.722. The van der Waals surface area contributed by atoms with Crippen molar-refractivity contribution < 1.29 is 13.2 Å². The topological polar surface area (TPSA) is 0 Å². The van der Waals surface area contributed by atoms with Gasteiger partial charge in [0.2, 0.25) is 0 Å². The Morgan fingerprint density at radius 2 is 1.57 bits per heavy atom. The number of hydrogen-bond donors (Lipinski definition) is 0. The van der Waals surface area contributed by atoms with Crippen LogP contribution in [0, 0.1) is 0 Å². The Morgan fingerprint density at radius 3 is 1.64 bits per heavy atom. The van der Waals surface area contributed by atoms with E-state index >= 15 is 0 Å². The third-order valence-electron chi connectivity index (χ3n) is 1.50. The summed E-state index contributed by atoms with van der Waals surface area (Å²) in [6.07, 6.45) is -1.73. The third-order valence-corrected chi connectivity index (χ3v) is 1.50. The van der Waals surface area contributed by atoms with Crippen LogP contribution in [0.4, 0.5) is 13.2 Å². The summed E-state index contributed by atoms with van der Waals surface area (Å²) < 4.78 is 36.1. The van der Waals surface area contributed by atoms with Gasteiger partial charge in [0.05, 0.1) is 5.57 Å². The van der Waals surface area contributed by atoms with Gasteiger partial charge in [0.25, 0.3) is 0 Å². The predicted octanol–water partition coefficient (Wildman–Crippen LogP) is 4.88. The highest BCUT2D eigenvalue weighted by atomic mass is 19.4. The normalized spacial score (nSPS) is 12.5. The van der Waals surface area contributed by atoms with E-state index in [1.54, 1.807) is 6.92 Å². The minimum absolute atomic E-state index is 0.326. The number of alkyl halides is 3. The smallest absolute Gasteiger partial charge is 0.166 e. The van der Waals surface area contributed by atoms with Crippen LogP contribution in [0.5, 0.6) is 0 Å². The lowest BCUT2D eigenvalue weighted by molar-refractivity contribution is -0.0890. The van der Waals surface area contributed by atoms with Crippen molar-refractivity contribution in [3.63, 3.8) is 0 Å². The fourth-order valence-corrected chi connectivity index (χ4v) is 0.722. The van der Waals surface area contributed by atoms with Crippen molar-refractivity contribution in [2.24, 2.45) is 0 Å². The van der Waals surface area contributed by atoms with Gasteiger partial charge in [0.1, 0.15) is 0 Å². The molecule has 0 bridgehead atoms. The van der Waals surface area contributed by atoms with Crippen molar-refractivity contribution >= 4 is 0 Å². The monoisotopic (exact) mass is 208 g/mol. The van der Waals surface area contributed by atoms with E-state index < -0.39 is 11.7 Å². The molecule has 0 aromatic carbocycles. The maximum absolute atomic E-state index is 12.0. The molecule has 0 atom stereocenters. The molecule has 0 aliphatic rings. The van der Waals surface area contributed by atoms with E-state index in [0.29, 0.717) is 12.0 Å². The summed E-state index contributed by atoms with van der Waals surface area (Å²) in [5.74, 6) is 0. The molecule has 0 unspecified atom stereocenters. The van der Waals surface area contributed by atoms with Gasteiger partial charge in [-0.05, 0) is 13.3 Å². The molecule has 0 aliphatic heterocycles. The van der Waals surface area contributed by atoms with Gasteiger partial charge in [0.15, 0.2) is 0 Å². The van der Waals surface area contributed by atoms with E-state index in [2.05, 4.69) is 20.4 Å². The summed E-state index contributed by atoms with van der Waals surface area (Å²) in [6, 6.07) is 0. The quantitative estimate of drug-likeness (QED) is 0.567. The van der Waals surface area contributed by atoms with Crippen LogP contribution >= 0.6 is 0 Å². The van der Waals surface area contributed by atoms with Crippen LogP contribution in [0.2, 0.25) is 0 Å². The summed E-state index contributed by atoms with van der Waals surface area (Å²) in [6.45, 7) is 10.5. The third kappa shape index (κ3) is 6.75. The van der Waals surface area contributed by atoms with Crippen LogP contribution in [0.1, 0.15) is 40.5 Å². The zero-order valence-electron chi connectivity index (χ0n) is 9.33. The van der Waals surface area contributed by atoms with Crippen molar-refractivity contribution in [3.05, 3.63) is 23.8 Å². The summed E-state index contributed by atoms with van der Waals surface area (Å²) in [4.78, 5) is 0. The Labute approximate surface area is 84.5 Å². The maximum atomic E-state index is 12.0. The van der Waals surface area contributed by atoms with Gasteiger partial charge >= 0.3 is 6.18 Å². The van der Waals surface area contributed by atoms with E-state index in [0.717, 1.165) is 6.08 Å². The van der Waals surface area contributed by atoms with Gasteiger partial charge in [-0.15, -0.1) is 0 Å². The summed E-state index contributed by atoms with van der Waals surface area (Å²) >= 11 is 0. The Hall–Kier alpha value is -0.730. The molecular formula is C11H19F3. The highest BCUT2D eigenvalue weighted by Crippen LogP contribution is 2.29. The lowest BCUT2D eigenvalue weighted by Crippen LogP contribution is -2.11. The minimum atomic E-state index is -4.25. The summed E-state index contributed by atoms with van der Waals surface area (Å²) in [5, 5.41) is 0. The second-order valence-electron chi connectivity index (χ2n) is 2.96. The molecule has 14 heavy (non-hydrogen) atoms. The van der Waals surface area contributed by atoms with Gasteiger partial charge in [-0.2, -0.15) is 13.2 Å². The van der Waals surface area contributed by atoms with E-state index in [-0.39, 0.29) is 0 Å². The molecule has 0 nitrogen and oxygen atoms in total. The maximum Gasteiger partial charge on any atom is 0.416 e. The van der Waals surface area contributed by atoms with Crippen LogP contribution in [-0.2, 0) is 0 Å². The number of halogens is 3. The molecule has 0 aromatic rings. The highest BCUT2D eigenvalue weighted by molar-refractivity contribution is 5.27. The molecule has 0 amide bonds. The average Bonchev–Trinajstić information content (AvgIpc) is 2.04. The van der Waals surface area contributed by atoms with Crippen molar-refractivity contribution in [2.45, 2.75) is 46.7 Å². The minimum Gasteiger partial charge on any atom is -0.166 e. The largest absolute Gasteiger partial charge is 0.416 e. The number of hydrogen-bond acceptors (Lipinski definition) is 0. The second kappa shape index (κ2) is 7.65. The molecule has 0 aliphatic carbocycles. The molecule has 0 spiro atoms. The molecule has 3 heteroatoms. The molecule has 0 aromatic heterocycles. The molecule has 0 radical (unpaired) electrons. The average molecular weight is 208 g/mol. The zero-order chi connectivity index (χ0) is 11.8. The van der Waals surface area contributed by atoms with Crippen molar-refractivity contribution in [1.29, 1.82) is 0 Å². The van der Waals surface area contributed by atoms with Crippen molar-refractivity contribution in [2.75, 3.05) is 0 Å². The lowest BCUT2D eigenvalue weighted by atomic mass is 10.1. The van der Waals surface area contributed by atoms with Gasteiger partial charge in [-0.1, -0.05) is 45.4 Å². The molecule has 0 N–H and O–H groups in total. The summed E-state index contributed by atoms with van der Waals surface area (Å²) in [5.41, 5.74) is -0.285. The van der Waals surface area contributed by atoms with Crippen molar-refractivity contribution in [3.8, 4) is 0 Å². The molecule has 0 heterocycles. The van der Waals surface area contributed by atoms with Gasteiger partial charge < -0.3 is 0 Å². The van der Waals surface area contributed by atoms with Gasteiger partial charge in [-0.25, -0.2) is 0 Å². The molecular weight excluding hydrogens is 189 g/mol. The first kappa shape index (κ1) is 15.7. The van der Waals surface area contributed by atoms with Crippen LogP contribution in [0.15, 0.2) is 23.8 Å². The van der Waals surface area contributed by atoms with Gasteiger partial charge in [0, 0.05) is 0 Å². The Balaban J connectivity index is 0. The number of rotatable bonds is 2. The van der Waals surface area contributed by atoms with Crippen LogP contribution in [0.3, 0.4) is 0 Å².